The third kappa shape index (κ3) is 2.44. The van der Waals surface area contributed by atoms with E-state index in [4.69, 9.17) is 17.0 Å². The summed E-state index contributed by atoms with van der Waals surface area (Å²) < 4.78 is 1.46. The van der Waals surface area contributed by atoms with Gasteiger partial charge in [-0.1, -0.05) is 18.2 Å². The number of rotatable bonds is 4. The van der Waals surface area contributed by atoms with Crippen molar-refractivity contribution >= 4 is 23.0 Å². The van der Waals surface area contributed by atoms with Gasteiger partial charge >= 0.3 is 0 Å². The minimum atomic E-state index is -0.258. The van der Waals surface area contributed by atoms with Gasteiger partial charge in [-0.25, -0.2) is 4.98 Å². The highest BCUT2D eigenvalue weighted by atomic mass is 35.5. The van der Waals surface area contributed by atoms with E-state index in [1.54, 1.807) is 14.0 Å². The lowest BCUT2D eigenvalue weighted by atomic mass is 10.2. The fourth-order valence-corrected chi connectivity index (χ4v) is 2.17. The molecule has 0 unspecified atom stereocenters. The zero-order valence-electron chi connectivity index (χ0n) is 11.3. The van der Waals surface area contributed by atoms with Gasteiger partial charge in [0.15, 0.2) is 0 Å². The molecule has 20 heavy (non-hydrogen) atoms. The van der Waals surface area contributed by atoms with E-state index in [0.717, 1.165) is 0 Å². The van der Waals surface area contributed by atoms with Gasteiger partial charge in [0.25, 0.3) is 5.56 Å². The largest absolute Gasteiger partial charge is 0.382 e. The van der Waals surface area contributed by atoms with Gasteiger partial charge in [-0.05, 0) is 19.1 Å². The van der Waals surface area contributed by atoms with Crippen molar-refractivity contribution in [1.29, 1.82) is 5.41 Å². The van der Waals surface area contributed by atoms with Crippen LogP contribution in [0.4, 0.5) is 5.69 Å². The second-order valence-corrected chi connectivity index (χ2v) is 4.50. The standard InChI is InChI=1S/C14H15ClN4O/c1-9(16)12-13(17-2)14(20)19(11(8-15)18-12)10-6-4-3-5-7-10/h3-7,16-17H,8H2,1-2H3. The predicted molar refractivity (Wildman–Crippen MR) is 81.4 cm³/mol. The van der Waals surface area contributed by atoms with E-state index in [2.05, 4.69) is 10.3 Å². The van der Waals surface area contributed by atoms with Crippen molar-refractivity contribution < 1.29 is 0 Å². The summed E-state index contributed by atoms with van der Waals surface area (Å²) in [6.45, 7) is 1.59. The lowest BCUT2D eigenvalue weighted by molar-refractivity contribution is 0.855. The number of para-hydroxylation sites is 1. The Morgan fingerprint density at radius 3 is 2.55 bits per heavy atom. The maximum atomic E-state index is 12.6. The van der Waals surface area contributed by atoms with E-state index < -0.39 is 0 Å². The molecule has 0 atom stereocenters. The van der Waals surface area contributed by atoms with Gasteiger partial charge in [-0.2, -0.15) is 0 Å². The summed E-state index contributed by atoms with van der Waals surface area (Å²) in [4.78, 5) is 17.0. The van der Waals surface area contributed by atoms with Crippen molar-refractivity contribution in [3.63, 3.8) is 0 Å². The number of halogens is 1. The molecule has 2 rings (SSSR count). The average molecular weight is 291 g/mol. The number of hydrogen-bond acceptors (Lipinski definition) is 4. The van der Waals surface area contributed by atoms with Crippen LogP contribution in [0.1, 0.15) is 18.4 Å². The Kier molecular flexibility index (Phi) is 4.20. The highest BCUT2D eigenvalue weighted by Crippen LogP contribution is 2.15. The second kappa shape index (κ2) is 5.88. The zero-order chi connectivity index (χ0) is 14.7. The first kappa shape index (κ1) is 14.3. The van der Waals surface area contributed by atoms with Crippen molar-refractivity contribution in [2.45, 2.75) is 12.8 Å². The Labute approximate surface area is 121 Å². The lowest BCUT2D eigenvalue weighted by Gasteiger charge is -2.15. The maximum Gasteiger partial charge on any atom is 0.282 e. The van der Waals surface area contributed by atoms with E-state index >= 15 is 0 Å². The molecule has 6 heteroatoms. The van der Waals surface area contributed by atoms with Crippen LogP contribution < -0.4 is 10.9 Å². The number of alkyl halides is 1. The molecule has 0 fully saturated rings. The molecule has 5 nitrogen and oxygen atoms in total. The molecular weight excluding hydrogens is 276 g/mol. The molecule has 0 radical (unpaired) electrons. The molecule has 0 saturated carbocycles. The molecular formula is C14H15ClN4O. The number of aromatic nitrogens is 2. The van der Waals surface area contributed by atoms with Crippen molar-refractivity contribution in [2.24, 2.45) is 0 Å². The van der Waals surface area contributed by atoms with Gasteiger partial charge in [0.2, 0.25) is 0 Å². The molecule has 0 spiro atoms. The molecule has 0 amide bonds. The van der Waals surface area contributed by atoms with Gasteiger partial charge in [0.1, 0.15) is 17.2 Å². The SMILES string of the molecule is CNc1c(C(C)=N)nc(CCl)n(-c2ccccc2)c1=O. The highest BCUT2D eigenvalue weighted by molar-refractivity contribution is 6.16. The van der Waals surface area contributed by atoms with Gasteiger partial charge < -0.3 is 10.7 Å². The summed E-state index contributed by atoms with van der Waals surface area (Å²) >= 11 is 5.91. The number of anilines is 1. The fraction of sp³-hybridized carbons (Fsp3) is 0.214. The molecule has 0 aliphatic carbocycles. The summed E-state index contributed by atoms with van der Waals surface area (Å²) in [6, 6.07) is 9.19. The minimum Gasteiger partial charge on any atom is -0.382 e. The molecule has 1 heterocycles. The van der Waals surface area contributed by atoms with E-state index in [-0.39, 0.29) is 17.2 Å². The molecule has 0 saturated heterocycles. The molecule has 2 aromatic rings. The summed E-state index contributed by atoms with van der Waals surface area (Å²) in [6.07, 6.45) is 0. The van der Waals surface area contributed by atoms with Crippen molar-refractivity contribution in [2.75, 3.05) is 12.4 Å². The van der Waals surface area contributed by atoms with E-state index in [0.29, 0.717) is 22.9 Å². The normalized spacial score (nSPS) is 10.3. The molecule has 0 aliphatic rings. The van der Waals surface area contributed by atoms with Crippen LogP contribution in [0.3, 0.4) is 0 Å². The number of hydrogen-bond donors (Lipinski definition) is 2. The summed E-state index contributed by atoms with van der Waals surface area (Å²) in [5.41, 5.74) is 1.30. The summed E-state index contributed by atoms with van der Waals surface area (Å²) in [5.74, 6) is 0.512. The third-order valence-electron chi connectivity index (χ3n) is 2.89. The van der Waals surface area contributed by atoms with E-state index in [1.165, 1.54) is 4.57 Å². The molecule has 104 valence electrons. The number of nitrogens with zero attached hydrogens (tertiary/aromatic N) is 2. The fourth-order valence-electron chi connectivity index (χ4n) is 1.99. The Morgan fingerprint density at radius 2 is 2.05 bits per heavy atom. The summed E-state index contributed by atoms with van der Waals surface area (Å²) in [5, 5.41) is 10.6. The Hall–Kier alpha value is -2.14. The monoisotopic (exact) mass is 290 g/mol. The van der Waals surface area contributed by atoms with Crippen molar-refractivity contribution in [3.05, 3.63) is 52.2 Å². The molecule has 1 aromatic heterocycles. The molecule has 1 aromatic carbocycles. The van der Waals surface area contributed by atoms with Crippen LogP contribution in [0.5, 0.6) is 0 Å². The van der Waals surface area contributed by atoms with E-state index in [9.17, 15) is 4.79 Å². The third-order valence-corrected chi connectivity index (χ3v) is 3.13. The van der Waals surface area contributed by atoms with E-state index in [1.807, 2.05) is 30.3 Å². The van der Waals surface area contributed by atoms with Crippen molar-refractivity contribution in [3.8, 4) is 5.69 Å². The number of nitrogens with one attached hydrogen (secondary N) is 2. The van der Waals surface area contributed by atoms with Crippen LogP contribution >= 0.6 is 11.6 Å². The molecule has 0 aliphatic heterocycles. The van der Waals surface area contributed by atoms with Gasteiger partial charge in [0.05, 0.1) is 17.3 Å². The van der Waals surface area contributed by atoms with Gasteiger partial charge in [-0.15, -0.1) is 11.6 Å². The van der Waals surface area contributed by atoms with Gasteiger partial charge in [-0.3, -0.25) is 9.36 Å². The molecule has 0 bridgehead atoms. The van der Waals surface area contributed by atoms with Crippen LogP contribution in [-0.4, -0.2) is 22.3 Å². The first-order valence-corrected chi connectivity index (χ1v) is 6.64. The second-order valence-electron chi connectivity index (χ2n) is 4.24. The highest BCUT2D eigenvalue weighted by Gasteiger charge is 2.17. The Bertz CT molecular complexity index is 694. The van der Waals surface area contributed by atoms with Crippen LogP contribution in [0, 0.1) is 5.41 Å². The smallest absolute Gasteiger partial charge is 0.282 e. The minimum absolute atomic E-state index is 0.0917. The van der Waals surface area contributed by atoms with Crippen LogP contribution in [0.15, 0.2) is 35.1 Å². The summed E-state index contributed by atoms with van der Waals surface area (Å²) in [7, 11) is 1.64. The van der Waals surface area contributed by atoms with Gasteiger partial charge in [0, 0.05) is 7.05 Å². The number of benzene rings is 1. The zero-order valence-corrected chi connectivity index (χ0v) is 12.0. The predicted octanol–water partition coefficient (Wildman–Crippen LogP) is 2.40. The maximum absolute atomic E-state index is 12.6. The quantitative estimate of drug-likeness (QED) is 0.671. The Morgan fingerprint density at radius 1 is 1.40 bits per heavy atom. The van der Waals surface area contributed by atoms with Crippen LogP contribution in [-0.2, 0) is 5.88 Å². The first-order valence-electron chi connectivity index (χ1n) is 6.10. The first-order chi connectivity index (χ1) is 9.60. The van der Waals surface area contributed by atoms with Crippen LogP contribution in [0.25, 0.3) is 5.69 Å². The average Bonchev–Trinajstić information content (AvgIpc) is 2.46. The lowest BCUT2D eigenvalue weighted by Crippen LogP contribution is -2.28. The topological polar surface area (TPSA) is 70.8 Å². The Balaban J connectivity index is 2.82. The molecule has 2 N–H and O–H groups in total. The van der Waals surface area contributed by atoms with Crippen LogP contribution in [0.2, 0.25) is 0 Å². The van der Waals surface area contributed by atoms with Crippen molar-refractivity contribution in [1.82, 2.24) is 9.55 Å².